The number of carbonyl (C=O) groups is 1. The Hall–Kier alpha value is -0.900. The highest BCUT2D eigenvalue weighted by atomic mass is 16.3. The van der Waals surface area contributed by atoms with Crippen LogP contribution in [-0.2, 0) is 4.79 Å². The van der Waals surface area contributed by atoms with Gasteiger partial charge in [0.2, 0.25) is 5.91 Å². The molecule has 16 heavy (non-hydrogen) atoms. The molecule has 4 atom stereocenters. The molecule has 0 saturated heterocycles. The third-order valence-electron chi connectivity index (χ3n) is 4.83. The molecule has 1 amide bonds. The number of nitrogens with zero attached hydrogens (tertiary/aromatic N) is 2. The molecule has 0 bridgehead atoms. The molecule has 0 spiro atoms. The van der Waals surface area contributed by atoms with Gasteiger partial charge in [-0.25, -0.2) is 5.01 Å². The van der Waals surface area contributed by atoms with Crippen LogP contribution in [0.4, 0.5) is 0 Å². The van der Waals surface area contributed by atoms with Gasteiger partial charge in [0.05, 0.1) is 5.92 Å². The van der Waals surface area contributed by atoms with Crippen molar-refractivity contribution in [3.63, 3.8) is 0 Å². The molecule has 3 aliphatic rings. The van der Waals surface area contributed by atoms with E-state index in [4.69, 9.17) is 0 Å². The summed E-state index contributed by atoms with van der Waals surface area (Å²) in [5.74, 6) is 1.01. The first-order chi connectivity index (χ1) is 7.28. The van der Waals surface area contributed by atoms with Gasteiger partial charge in [0.1, 0.15) is 0 Å². The molecule has 3 rings (SSSR count). The van der Waals surface area contributed by atoms with Crippen LogP contribution in [0.1, 0.15) is 34.1 Å². The molecular formula is C12H18N2O2. The van der Waals surface area contributed by atoms with Gasteiger partial charge in [0.25, 0.3) is 0 Å². The Kier molecular flexibility index (Phi) is 1.61. The zero-order valence-corrected chi connectivity index (χ0v) is 10.2. The van der Waals surface area contributed by atoms with Crippen LogP contribution < -0.4 is 0 Å². The van der Waals surface area contributed by atoms with Gasteiger partial charge in [0.15, 0.2) is 5.72 Å². The summed E-state index contributed by atoms with van der Waals surface area (Å²) in [6.45, 7) is 7.65. The van der Waals surface area contributed by atoms with Crippen molar-refractivity contribution >= 4 is 11.6 Å². The predicted octanol–water partition coefficient (Wildman–Crippen LogP) is 1.21. The molecule has 2 fully saturated rings. The Morgan fingerprint density at radius 1 is 1.50 bits per heavy atom. The smallest absolute Gasteiger partial charge is 0.242 e. The van der Waals surface area contributed by atoms with E-state index in [9.17, 15) is 9.90 Å². The largest absolute Gasteiger partial charge is 0.369 e. The van der Waals surface area contributed by atoms with Crippen molar-refractivity contribution in [2.24, 2.45) is 28.3 Å². The highest BCUT2D eigenvalue weighted by Crippen LogP contribution is 2.71. The third kappa shape index (κ3) is 0.943. The van der Waals surface area contributed by atoms with Crippen LogP contribution in [0.5, 0.6) is 0 Å². The van der Waals surface area contributed by atoms with Crippen molar-refractivity contribution in [3.05, 3.63) is 0 Å². The summed E-state index contributed by atoms with van der Waals surface area (Å²) in [5.41, 5.74) is 0.212. The molecule has 1 aliphatic heterocycles. The number of rotatable bonds is 0. The second-order valence-corrected chi connectivity index (χ2v) is 6.15. The highest BCUT2D eigenvalue weighted by molar-refractivity contribution is 5.95. The molecule has 0 radical (unpaired) electrons. The molecule has 4 nitrogen and oxygen atoms in total. The Balaban J connectivity index is 1.98. The zero-order chi connectivity index (χ0) is 11.9. The van der Waals surface area contributed by atoms with Crippen molar-refractivity contribution in [1.82, 2.24) is 5.01 Å². The standard InChI is InChI=1S/C12H18N2O2/c1-6(15)14-12(4,16)10-8(13-14)5-7-9(10)11(7,2)3/h7,9-10,16H,5H2,1-4H3/t7-,9-,10?,12?/m1/s1. The molecule has 0 aromatic rings. The quantitative estimate of drug-likeness (QED) is 0.669. The molecular weight excluding hydrogens is 204 g/mol. The SMILES string of the molecule is CC(=O)N1N=C2C[C@@H]3[C@H](C2C1(C)O)C3(C)C. The number of amides is 1. The molecule has 2 unspecified atom stereocenters. The van der Waals surface area contributed by atoms with E-state index in [1.165, 1.54) is 11.9 Å². The van der Waals surface area contributed by atoms with E-state index in [0.29, 0.717) is 17.3 Å². The first kappa shape index (κ1) is 10.3. The average Bonchev–Trinajstić information content (AvgIpc) is 2.49. The van der Waals surface area contributed by atoms with Crippen molar-refractivity contribution in [3.8, 4) is 0 Å². The summed E-state index contributed by atoms with van der Waals surface area (Å²) in [6, 6.07) is 0. The minimum atomic E-state index is -1.12. The highest BCUT2D eigenvalue weighted by Gasteiger charge is 2.72. The lowest BCUT2D eigenvalue weighted by molar-refractivity contribution is -0.157. The summed E-state index contributed by atoms with van der Waals surface area (Å²) in [6.07, 6.45) is 0.947. The number of carbonyl (C=O) groups excluding carboxylic acids is 1. The molecule has 0 aromatic carbocycles. The maximum atomic E-state index is 11.4. The van der Waals surface area contributed by atoms with Gasteiger partial charge in [-0.3, -0.25) is 4.79 Å². The van der Waals surface area contributed by atoms with Crippen molar-refractivity contribution in [1.29, 1.82) is 0 Å². The second-order valence-electron chi connectivity index (χ2n) is 6.15. The Bertz CT molecular complexity index is 411. The molecule has 4 heteroatoms. The van der Waals surface area contributed by atoms with Crippen molar-refractivity contribution in [2.45, 2.75) is 39.8 Å². The summed E-state index contributed by atoms with van der Waals surface area (Å²) >= 11 is 0. The summed E-state index contributed by atoms with van der Waals surface area (Å²) in [4.78, 5) is 11.4. The first-order valence-electron chi connectivity index (χ1n) is 5.88. The van der Waals surface area contributed by atoms with E-state index >= 15 is 0 Å². The maximum Gasteiger partial charge on any atom is 0.242 e. The van der Waals surface area contributed by atoms with Crippen LogP contribution >= 0.6 is 0 Å². The Labute approximate surface area is 95.3 Å². The molecule has 2 saturated carbocycles. The summed E-state index contributed by atoms with van der Waals surface area (Å²) in [7, 11) is 0. The van der Waals surface area contributed by atoms with E-state index in [-0.39, 0.29) is 11.8 Å². The van der Waals surface area contributed by atoms with Gasteiger partial charge >= 0.3 is 0 Å². The van der Waals surface area contributed by atoms with E-state index in [0.717, 1.165) is 12.1 Å². The van der Waals surface area contributed by atoms with Gasteiger partial charge in [-0.15, -0.1) is 0 Å². The maximum absolute atomic E-state index is 11.4. The fourth-order valence-corrected chi connectivity index (χ4v) is 3.91. The van der Waals surface area contributed by atoms with E-state index in [1.807, 2.05) is 0 Å². The number of hydrazone groups is 1. The van der Waals surface area contributed by atoms with Crippen LogP contribution in [0.15, 0.2) is 5.10 Å². The number of hydrogen-bond donors (Lipinski definition) is 1. The van der Waals surface area contributed by atoms with Crippen molar-refractivity contribution in [2.75, 3.05) is 0 Å². The molecule has 88 valence electrons. The molecule has 1 N–H and O–H groups in total. The average molecular weight is 222 g/mol. The molecule has 2 aliphatic carbocycles. The lowest BCUT2D eigenvalue weighted by Gasteiger charge is -2.32. The number of fused-ring (bicyclic) bond motifs is 3. The third-order valence-corrected chi connectivity index (χ3v) is 4.83. The fraction of sp³-hybridized carbons (Fsp3) is 0.833. The van der Waals surface area contributed by atoms with Crippen LogP contribution in [-0.4, -0.2) is 27.5 Å². The van der Waals surface area contributed by atoms with E-state index < -0.39 is 5.72 Å². The molecule has 0 aromatic heterocycles. The minimum absolute atomic E-state index is 0.0522. The van der Waals surface area contributed by atoms with E-state index in [1.54, 1.807) is 6.92 Å². The van der Waals surface area contributed by atoms with E-state index in [2.05, 4.69) is 18.9 Å². The number of aliphatic hydroxyl groups is 1. The predicted molar refractivity (Wildman–Crippen MR) is 59.4 cm³/mol. The zero-order valence-electron chi connectivity index (χ0n) is 10.2. The van der Waals surface area contributed by atoms with Gasteiger partial charge in [0, 0.05) is 12.6 Å². The second kappa shape index (κ2) is 2.50. The van der Waals surface area contributed by atoms with Crippen LogP contribution in [0, 0.1) is 23.2 Å². The first-order valence-corrected chi connectivity index (χ1v) is 5.88. The topological polar surface area (TPSA) is 52.9 Å². The summed E-state index contributed by atoms with van der Waals surface area (Å²) < 4.78 is 0. The lowest BCUT2D eigenvalue weighted by Crippen LogP contribution is -2.48. The fourth-order valence-electron chi connectivity index (χ4n) is 3.91. The Morgan fingerprint density at radius 3 is 2.69 bits per heavy atom. The lowest BCUT2D eigenvalue weighted by atomic mass is 9.85. The van der Waals surface area contributed by atoms with Gasteiger partial charge in [-0.1, -0.05) is 13.8 Å². The van der Waals surface area contributed by atoms with Gasteiger partial charge in [-0.2, -0.15) is 5.10 Å². The Morgan fingerprint density at radius 2 is 2.12 bits per heavy atom. The minimum Gasteiger partial charge on any atom is -0.369 e. The monoisotopic (exact) mass is 222 g/mol. The summed E-state index contributed by atoms with van der Waals surface area (Å²) in [5, 5.41) is 16.1. The number of hydrogen-bond acceptors (Lipinski definition) is 3. The van der Waals surface area contributed by atoms with Crippen LogP contribution in [0.3, 0.4) is 0 Å². The van der Waals surface area contributed by atoms with Gasteiger partial charge < -0.3 is 5.11 Å². The van der Waals surface area contributed by atoms with Gasteiger partial charge in [-0.05, 0) is 30.6 Å². The molecule has 1 heterocycles. The van der Waals surface area contributed by atoms with Crippen LogP contribution in [0.2, 0.25) is 0 Å². The normalized spacial score (nSPS) is 47.4. The van der Waals surface area contributed by atoms with Crippen LogP contribution in [0.25, 0.3) is 0 Å². The van der Waals surface area contributed by atoms with Crippen molar-refractivity contribution < 1.29 is 9.90 Å².